The zero-order chi connectivity index (χ0) is 10.3. The van der Waals surface area contributed by atoms with Crippen molar-refractivity contribution in [2.75, 3.05) is 0 Å². The highest BCUT2D eigenvalue weighted by Gasteiger charge is 2.26. The summed E-state index contributed by atoms with van der Waals surface area (Å²) in [5.74, 6) is 0. The van der Waals surface area contributed by atoms with Crippen molar-refractivity contribution in [2.45, 2.75) is 51.2 Å². The van der Waals surface area contributed by atoms with E-state index >= 15 is 0 Å². The van der Waals surface area contributed by atoms with Crippen LogP contribution in [-0.2, 0) is 0 Å². The van der Waals surface area contributed by atoms with Crippen molar-refractivity contribution in [1.29, 1.82) is 0 Å². The smallest absolute Gasteiger partial charge is 0.106 e. The fourth-order valence-electron chi connectivity index (χ4n) is 1.12. The maximum absolute atomic E-state index is 9.74. The standard InChI is InChI=1S/C10H19IO2/c1-3-4-5-6-9(12)10(2,13)7-8-11/h7-9,12-13H,3-6H2,1-2H3. The molecular weight excluding hydrogens is 279 g/mol. The Morgan fingerprint density at radius 3 is 2.54 bits per heavy atom. The van der Waals surface area contributed by atoms with Crippen LogP contribution in [0.2, 0.25) is 0 Å². The number of hydrogen-bond acceptors (Lipinski definition) is 2. The molecular formula is C10H19IO2. The monoisotopic (exact) mass is 298 g/mol. The molecule has 0 aliphatic heterocycles. The fourth-order valence-corrected chi connectivity index (χ4v) is 1.85. The second-order valence-corrected chi connectivity index (χ2v) is 4.25. The topological polar surface area (TPSA) is 40.5 Å². The Bertz CT molecular complexity index is 155. The van der Waals surface area contributed by atoms with Gasteiger partial charge in [-0.3, -0.25) is 0 Å². The lowest BCUT2D eigenvalue weighted by Gasteiger charge is -2.25. The molecule has 0 amide bonds. The van der Waals surface area contributed by atoms with Gasteiger partial charge in [0.2, 0.25) is 0 Å². The molecule has 0 spiro atoms. The molecule has 0 bridgehead atoms. The molecule has 0 aromatic heterocycles. The summed E-state index contributed by atoms with van der Waals surface area (Å²) in [7, 11) is 0. The van der Waals surface area contributed by atoms with Gasteiger partial charge in [-0.2, -0.15) is 0 Å². The van der Waals surface area contributed by atoms with Crippen LogP contribution in [0.4, 0.5) is 0 Å². The maximum atomic E-state index is 9.74. The second kappa shape index (κ2) is 6.79. The second-order valence-electron chi connectivity index (χ2n) is 3.53. The first-order chi connectivity index (χ1) is 6.04. The summed E-state index contributed by atoms with van der Waals surface area (Å²) < 4.78 is 1.74. The third-order valence-corrected chi connectivity index (χ3v) is 2.52. The summed E-state index contributed by atoms with van der Waals surface area (Å²) in [5, 5.41) is 19.4. The van der Waals surface area contributed by atoms with E-state index in [1.165, 1.54) is 0 Å². The van der Waals surface area contributed by atoms with Crippen molar-refractivity contribution >= 4 is 22.6 Å². The number of halogens is 1. The van der Waals surface area contributed by atoms with Crippen LogP contribution in [0.3, 0.4) is 0 Å². The molecule has 0 aromatic rings. The van der Waals surface area contributed by atoms with Gasteiger partial charge in [0.15, 0.2) is 0 Å². The van der Waals surface area contributed by atoms with Gasteiger partial charge in [-0.05, 0) is 23.5 Å². The molecule has 0 aromatic carbocycles. The van der Waals surface area contributed by atoms with Gasteiger partial charge in [-0.1, -0.05) is 48.8 Å². The van der Waals surface area contributed by atoms with E-state index in [-0.39, 0.29) is 0 Å². The van der Waals surface area contributed by atoms with Crippen LogP contribution in [0.15, 0.2) is 10.2 Å². The third-order valence-electron chi connectivity index (χ3n) is 2.16. The average molecular weight is 298 g/mol. The minimum absolute atomic E-state index is 0.648. The van der Waals surface area contributed by atoms with E-state index in [1.54, 1.807) is 17.1 Å². The molecule has 13 heavy (non-hydrogen) atoms. The summed E-state index contributed by atoms with van der Waals surface area (Å²) in [6.07, 6.45) is 4.87. The SMILES string of the molecule is CCCCCC(O)C(C)(O)C=CI. The molecule has 2 N–H and O–H groups in total. The molecule has 0 saturated carbocycles. The molecule has 0 fully saturated rings. The zero-order valence-corrected chi connectivity index (χ0v) is 10.5. The molecule has 0 saturated heterocycles. The van der Waals surface area contributed by atoms with E-state index in [0.717, 1.165) is 19.3 Å². The molecule has 0 rings (SSSR count). The van der Waals surface area contributed by atoms with Crippen LogP contribution in [-0.4, -0.2) is 21.9 Å². The van der Waals surface area contributed by atoms with Crippen LogP contribution >= 0.6 is 22.6 Å². The van der Waals surface area contributed by atoms with Gasteiger partial charge in [0.05, 0.1) is 6.10 Å². The number of aliphatic hydroxyl groups excluding tert-OH is 1. The Labute approximate surface area is 94.2 Å². The molecule has 78 valence electrons. The van der Waals surface area contributed by atoms with Gasteiger partial charge >= 0.3 is 0 Å². The summed E-state index contributed by atoms with van der Waals surface area (Å²) in [4.78, 5) is 0. The Morgan fingerprint density at radius 2 is 2.08 bits per heavy atom. The minimum Gasteiger partial charge on any atom is -0.390 e. The molecule has 2 atom stereocenters. The van der Waals surface area contributed by atoms with E-state index in [0.29, 0.717) is 6.42 Å². The third kappa shape index (κ3) is 5.65. The van der Waals surface area contributed by atoms with Gasteiger partial charge in [0, 0.05) is 0 Å². The first kappa shape index (κ1) is 13.4. The van der Waals surface area contributed by atoms with Crippen LogP contribution in [0.5, 0.6) is 0 Å². The van der Waals surface area contributed by atoms with E-state index < -0.39 is 11.7 Å². The van der Waals surface area contributed by atoms with Crippen molar-refractivity contribution in [1.82, 2.24) is 0 Å². The summed E-state index contributed by atoms with van der Waals surface area (Å²) in [6.45, 7) is 3.76. The summed E-state index contributed by atoms with van der Waals surface area (Å²) in [6, 6.07) is 0. The van der Waals surface area contributed by atoms with E-state index in [2.05, 4.69) is 6.92 Å². The molecule has 2 nitrogen and oxygen atoms in total. The van der Waals surface area contributed by atoms with E-state index in [1.807, 2.05) is 22.6 Å². The van der Waals surface area contributed by atoms with Gasteiger partial charge < -0.3 is 10.2 Å². The average Bonchev–Trinajstić information content (AvgIpc) is 2.04. The van der Waals surface area contributed by atoms with Crippen molar-refractivity contribution in [3.8, 4) is 0 Å². The number of aliphatic hydroxyl groups is 2. The predicted octanol–water partition coefficient (Wildman–Crippen LogP) is 2.63. The number of unbranched alkanes of at least 4 members (excludes halogenated alkanes) is 2. The summed E-state index contributed by atoms with van der Waals surface area (Å²) >= 11 is 2.04. The normalized spacial score (nSPS) is 18.8. The molecule has 0 aliphatic rings. The fraction of sp³-hybridized carbons (Fsp3) is 0.800. The largest absolute Gasteiger partial charge is 0.390 e. The number of rotatable bonds is 6. The zero-order valence-electron chi connectivity index (χ0n) is 8.33. The predicted molar refractivity (Wildman–Crippen MR) is 63.9 cm³/mol. The van der Waals surface area contributed by atoms with E-state index in [9.17, 15) is 10.2 Å². The minimum atomic E-state index is -1.07. The van der Waals surface area contributed by atoms with Gasteiger partial charge in [-0.15, -0.1) is 0 Å². The van der Waals surface area contributed by atoms with Crippen LogP contribution in [0.25, 0.3) is 0 Å². The lowest BCUT2D eigenvalue weighted by molar-refractivity contribution is -0.0308. The lowest BCUT2D eigenvalue weighted by atomic mass is 9.95. The Kier molecular flexibility index (Phi) is 6.99. The van der Waals surface area contributed by atoms with Crippen molar-refractivity contribution in [3.63, 3.8) is 0 Å². The van der Waals surface area contributed by atoms with Crippen LogP contribution in [0, 0.1) is 0 Å². The van der Waals surface area contributed by atoms with Gasteiger partial charge in [-0.25, -0.2) is 0 Å². The van der Waals surface area contributed by atoms with Gasteiger partial charge in [0.25, 0.3) is 0 Å². The lowest BCUT2D eigenvalue weighted by Crippen LogP contribution is -2.36. The summed E-state index contributed by atoms with van der Waals surface area (Å²) in [5.41, 5.74) is -1.07. The molecule has 0 radical (unpaired) electrons. The Hall–Kier alpha value is 0.390. The van der Waals surface area contributed by atoms with Crippen LogP contribution in [0.1, 0.15) is 39.5 Å². The molecule has 3 heteroatoms. The number of hydrogen-bond donors (Lipinski definition) is 2. The molecule has 0 aliphatic carbocycles. The quantitative estimate of drug-likeness (QED) is 0.584. The van der Waals surface area contributed by atoms with Crippen molar-refractivity contribution in [3.05, 3.63) is 10.2 Å². The van der Waals surface area contributed by atoms with Gasteiger partial charge in [0.1, 0.15) is 5.60 Å². The molecule has 2 unspecified atom stereocenters. The first-order valence-corrected chi connectivity index (χ1v) is 5.97. The highest BCUT2D eigenvalue weighted by Crippen LogP contribution is 2.18. The van der Waals surface area contributed by atoms with Crippen molar-refractivity contribution in [2.24, 2.45) is 0 Å². The Balaban J connectivity index is 3.86. The molecule has 0 heterocycles. The van der Waals surface area contributed by atoms with Crippen LogP contribution < -0.4 is 0 Å². The van der Waals surface area contributed by atoms with E-state index in [4.69, 9.17) is 0 Å². The first-order valence-electron chi connectivity index (χ1n) is 4.73. The maximum Gasteiger partial charge on any atom is 0.106 e. The highest BCUT2D eigenvalue weighted by atomic mass is 127. The Morgan fingerprint density at radius 1 is 1.46 bits per heavy atom. The highest BCUT2D eigenvalue weighted by molar-refractivity contribution is 14.1. The van der Waals surface area contributed by atoms with Crippen molar-refractivity contribution < 1.29 is 10.2 Å².